The van der Waals surface area contributed by atoms with Crippen molar-refractivity contribution < 1.29 is 31.2 Å². The molecular weight excluding hydrogens is 663 g/mol. The van der Waals surface area contributed by atoms with Crippen LogP contribution in [0, 0.1) is 7.14 Å². The molecule has 0 aromatic heterocycles. The van der Waals surface area contributed by atoms with Crippen molar-refractivity contribution in [2.24, 2.45) is 0 Å². The maximum Gasteiger partial charge on any atom is 0.336 e. The van der Waals surface area contributed by atoms with Gasteiger partial charge in [-0.2, -0.15) is 8.42 Å². The Morgan fingerprint density at radius 2 is 0.953 bits per heavy atom. The molecule has 0 saturated heterocycles. The van der Waals surface area contributed by atoms with Crippen LogP contribution in [-0.4, -0.2) is 8.42 Å². The average molecular weight is 719 g/mol. The van der Waals surface area contributed by atoms with E-state index in [4.69, 9.17) is 2.51 Å². The van der Waals surface area contributed by atoms with E-state index in [1.807, 2.05) is 12.1 Å². The molecule has 0 spiro atoms. The van der Waals surface area contributed by atoms with Gasteiger partial charge in [0.15, 0.2) is 7.14 Å². The molecule has 0 atom stereocenters. The van der Waals surface area contributed by atoms with E-state index in [0.29, 0.717) is 0 Å². The minimum atomic E-state index is -3.92. The van der Waals surface area contributed by atoms with Crippen molar-refractivity contribution in [3.05, 3.63) is 96.6 Å². The van der Waals surface area contributed by atoms with Gasteiger partial charge in [-0.1, -0.05) is 143 Å². The van der Waals surface area contributed by atoms with Gasteiger partial charge >= 0.3 is 30.4 Å². The monoisotopic (exact) mass is 718 g/mol. The van der Waals surface area contributed by atoms with Crippen LogP contribution in [0.2, 0.25) is 0 Å². The lowest BCUT2D eigenvalue weighted by atomic mass is 9.87. The molecule has 3 aromatic rings. The van der Waals surface area contributed by atoms with Crippen LogP contribution in [0.15, 0.2) is 77.7 Å². The average Bonchev–Trinajstić information content (AvgIpc) is 2.96. The molecule has 0 unspecified atom stereocenters. The highest BCUT2D eigenvalue weighted by Gasteiger charge is 2.38. The summed E-state index contributed by atoms with van der Waals surface area (Å²) in [5.74, 6) is 0. The van der Waals surface area contributed by atoms with Crippen molar-refractivity contribution in [3.63, 3.8) is 0 Å². The Balaban J connectivity index is 1.67. The van der Waals surface area contributed by atoms with Crippen LogP contribution in [0.1, 0.15) is 129 Å². The summed E-state index contributed by atoms with van der Waals surface area (Å²) in [6, 6.07) is 24.1. The first-order valence-corrected chi connectivity index (χ1v) is 20.7. The van der Waals surface area contributed by atoms with Gasteiger partial charge in [0.25, 0.3) is 0 Å². The number of benzene rings is 3. The van der Waals surface area contributed by atoms with Gasteiger partial charge in [-0.3, -0.25) is 0 Å². The Labute approximate surface area is 271 Å². The van der Waals surface area contributed by atoms with Crippen molar-refractivity contribution >= 4 is 10.1 Å². The first-order chi connectivity index (χ1) is 20.3. The second kappa shape index (κ2) is 16.6. The van der Waals surface area contributed by atoms with E-state index in [-0.39, 0.29) is 15.7 Å². The summed E-state index contributed by atoms with van der Waals surface area (Å²) < 4.78 is 35.4. The minimum Gasteiger partial charge on any atom is -0.190 e. The van der Waals surface area contributed by atoms with Crippen LogP contribution in [0.25, 0.3) is 0 Å². The van der Waals surface area contributed by atoms with Crippen molar-refractivity contribution in [2.75, 3.05) is 0 Å². The number of hydrogen-bond donors (Lipinski definition) is 0. The lowest BCUT2D eigenvalue weighted by molar-refractivity contribution is -1.03. The Bertz CT molecular complexity index is 1270. The van der Waals surface area contributed by atoms with Crippen LogP contribution in [0.5, 0.6) is 0 Å². The summed E-state index contributed by atoms with van der Waals surface area (Å²) in [5, 5.41) is 0. The molecule has 0 aliphatic heterocycles. The Morgan fingerprint density at radius 1 is 0.558 bits per heavy atom. The van der Waals surface area contributed by atoms with E-state index in [9.17, 15) is 8.42 Å². The van der Waals surface area contributed by atoms with Crippen LogP contribution in [0.4, 0.5) is 0 Å². The number of aryl methyl sites for hydroxylation is 1. The van der Waals surface area contributed by atoms with Crippen molar-refractivity contribution in [1.82, 2.24) is 0 Å². The van der Waals surface area contributed by atoms with Crippen LogP contribution >= 0.6 is 0 Å². The quantitative estimate of drug-likeness (QED) is 0.113. The molecule has 0 aliphatic rings. The first-order valence-electron chi connectivity index (χ1n) is 16.3. The lowest BCUT2D eigenvalue weighted by Gasteiger charge is -2.19. The van der Waals surface area contributed by atoms with Crippen LogP contribution in [-0.2, 0) is 29.9 Å². The third-order valence-corrected chi connectivity index (χ3v) is 15.3. The topological polar surface area (TPSA) is 43.4 Å². The SMILES string of the molecule is CCCCCCCCCCCCc1ccc(S(=O)(=O)O[I+](c2ccc(C(C)(C)C)cc2)c2ccc(C(C)(C)C)cc2)cc1. The van der Waals surface area contributed by atoms with Crippen molar-refractivity contribution in [1.29, 1.82) is 0 Å². The third kappa shape index (κ3) is 11.6. The van der Waals surface area contributed by atoms with Crippen LogP contribution in [0.3, 0.4) is 0 Å². The van der Waals surface area contributed by atoms with E-state index in [0.717, 1.165) is 20.0 Å². The molecule has 0 fully saturated rings. The molecule has 0 bridgehead atoms. The lowest BCUT2D eigenvalue weighted by Crippen LogP contribution is -3.85. The summed E-state index contributed by atoms with van der Waals surface area (Å²) in [4.78, 5) is 0.235. The van der Waals surface area contributed by atoms with Gasteiger partial charge < -0.3 is 0 Å². The highest BCUT2D eigenvalue weighted by Crippen LogP contribution is 2.22. The highest BCUT2D eigenvalue weighted by molar-refractivity contribution is 7.86. The molecule has 3 nitrogen and oxygen atoms in total. The van der Waals surface area contributed by atoms with E-state index in [1.54, 1.807) is 12.1 Å². The van der Waals surface area contributed by atoms with Crippen LogP contribution < -0.4 is 20.2 Å². The zero-order valence-corrected chi connectivity index (χ0v) is 30.7. The first kappa shape index (κ1) is 35.8. The number of halogens is 1. The van der Waals surface area contributed by atoms with Crippen molar-refractivity contribution in [2.45, 2.75) is 135 Å². The number of unbranched alkanes of at least 4 members (excludes halogenated alkanes) is 9. The maximum absolute atomic E-state index is 13.6. The second-order valence-electron chi connectivity index (χ2n) is 13.9. The Morgan fingerprint density at radius 3 is 1.35 bits per heavy atom. The summed E-state index contributed by atoms with van der Waals surface area (Å²) in [6.07, 6.45) is 14.1. The largest absolute Gasteiger partial charge is 0.336 e. The molecule has 0 saturated carbocycles. The molecule has 0 N–H and O–H groups in total. The standard InChI is InChI=1S/C38H55IO3S/c1-8-9-10-11-12-13-14-15-16-17-18-31-19-29-36(30-20-31)43(40,41)42-39(34-25-21-32(22-26-34)37(2,3)4)35-27-23-33(24-28-35)38(5,6)7/h19-30H,8-18H2,1-7H3/q+1. The maximum atomic E-state index is 13.6. The van der Waals surface area contributed by atoms with Gasteiger partial charge in [-0.25, -0.2) is 0 Å². The Hall–Kier alpha value is -1.70. The molecule has 0 aliphatic carbocycles. The fraction of sp³-hybridized carbons (Fsp3) is 0.526. The fourth-order valence-corrected chi connectivity index (χ4v) is 12.0. The molecule has 1 radical (unpaired) electrons. The van der Waals surface area contributed by atoms with E-state index < -0.39 is 30.4 Å². The van der Waals surface area contributed by atoms with Crippen molar-refractivity contribution in [3.8, 4) is 0 Å². The Kier molecular flexibility index (Phi) is 13.8. The minimum absolute atomic E-state index is 0.0223. The summed E-state index contributed by atoms with van der Waals surface area (Å²) in [5.41, 5.74) is 3.67. The summed E-state index contributed by atoms with van der Waals surface area (Å²) >= 11 is -2.77. The zero-order valence-electron chi connectivity index (χ0n) is 27.7. The van der Waals surface area contributed by atoms with Gasteiger partial charge in [0.2, 0.25) is 0 Å². The number of rotatable bonds is 16. The predicted octanol–water partition coefficient (Wildman–Crippen LogP) is 7.73. The zero-order chi connectivity index (χ0) is 31.5. The summed E-state index contributed by atoms with van der Waals surface area (Å²) in [6.45, 7) is 15.4. The predicted molar refractivity (Wildman–Crippen MR) is 178 cm³/mol. The molecule has 5 heteroatoms. The molecule has 0 amide bonds. The van der Waals surface area contributed by atoms with E-state index in [2.05, 4.69) is 97.0 Å². The molecular formula is C38H55IO3S+. The smallest absolute Gasteiger partial charge is 0.190 e. The highest BCUT2D eigenvalue weighted by atomic mass is 127. The molecule has 237 valence electrons. The third-order valence-electron chi connectivity index (χ3n) is 7.99. The van der Waals surface area contributed by atoms with E-state index >= 15 is 0 Å². The molecule has 3 aromatic carbocycles. The van der Waals surface area contributed by atoms with Gasteiger partial charge in [0, 0.05) is 0 Å². The molecule has 43 heavy (non-hydrogen) atoms. The van der Waals surface area contributed by atoms with Gasteiger partial charge in [-0.05, 0) is 79.3 Å². The summed E-state index contributed by atoms with van der Waals surface area (Å²) in [7, 11) is -3.92. The van der Waals surface area contributed by atoms with Gasteiger partial charge in [0.05, 0.1) is 4.90 Å². The van der Waals surface area contributed by atoms with Gasteiger partial charge in [-0.15, -0.1) is 0 Å². The number of hydrogen-bond acceptors (Lipinski definition) is 3. The molecule has 3 rings (SSSR count). The second-order valence-corrected chi connectivity index (χ2v) is 20.4. The van der Waals surface area contributed by atoms with Gasteiger partial charge in [0.1, 0.15) is 0 Å². The molecule has 0 heterocycles. The normalized spacial score (nSPS) is 12.7. The fourth-order valence-electron chi connectivity index (χ4n) is 5.09. The van der Waals surface area contributed by atoms with E-state index in [1.165, 1.54) is 74.5 Å².